The first-order chi connectivity index (χ1) is 15.8. The van der Waals surface area contributed by atoms with Gasteiger partial charge in [-0.15, -0.1) is 5.10 Å². The van der Waals surface area contributed by atoms with Crippen LogP contribution in [0, 0.1) is 0 Å². The standard InChI is InChI=1S/C23H26ClF3N6/c24-19-7-3-16(4-8-19)9-12-33(15-17-1-5-18(6-2-17)23(25,26)27)20-10-13-32(14-11-20)22-29-21(28)30-31-22/h1-8,20H,9-15H2,(H3,28,29,30,31). The number of piperidine rings is 1. The predicted molar refractivity (Wildman–Crippen MR) is 123 cm³/mol. The lowest BCUT2D eigenvalue weighted by molar-refractivity contribution is -0.137. The lowest BCUT2D eigenvalue weighted by atomic mass is 10.0. The van der Waals surface area contributed by atoms with Crippen LogP contribution in [0.2, 0.25) is 5.02 Å². The summed E-state index contributed by atoms with van der Waals surface area (Å²) >= 11 is 6.00. The number of benzene rings is 2. The van der Waals surface area contributed by atoms with Crippen molar-refractivity contribution < 1.29 is 13.2 Å². The minimum atomic E-state index is -4.33. The molecule has 1 fully saturated rings. The van der Waals surface area contributed by atoms with E-state index in [1.807, 2.05) is 24.3 Å². The number of aromatic nitrogens is 3. The third-order valence-electron chi connectivity index (χ3n) is 6.04. The van der Waals surface area contributed by atoms with Gasteiger partial charge in [0.15, 0.2) is 0 Å². The third kappa shape index (κ3) is 6.17. The minimum absolute atomic E-state index is 0.221. The van der Waals surface area contributed by atoms with Crippen molar-refractivity contribution in [2.75, 3.05) is 30.3 Å². The van der Waals surface area contributed by atoms with Crippen LogP contribution >= 0.6 is 11.6 Å². The quantitative estimate of drug-likeness (QED) is 0.511. The number of nitrogen functional groups attached to an aromatic ring is 1. The molecule has 176 valence electrons. The number of nitrogens with two attached hydrogens (primary N) is 1. The molecule has 3 aromatic rings. The zero-order valence-electron chi connectivity index (χ0n) is 18.0. The molecular formula is C23H26ClF3N6. The fourth-order valence-corrected chi connectivity index (χ4v) is 4.32. The summed E-state index contributed by atoms with van der Waals surface area (Å²) < 4.78 is 38.8. The van der Waals surface area contributed by atoms with Gasteiger partial charge in [-0.05, 0) is 54.7 Å². The van der Waals surface area contributed by atoms with Crippen LogP contribution in [-0.2, 0) is 19.1 Å². The summed E-state index contributed by atoms with van der Waals surface area (Å²) in [6.07, 6.45) is -1.69. The van der Waals surface area contributed by atoms with Gasteiger partial charge < -0.3 is 10.6 Å². The maximum absolute atomic E-state index is 12.9. The van der Waals surface area contributed by atoms with Gasteiger partial charge in [0.05, 0.1) is 5.56 Å². The van der Waals surface area contributed by atoms with Gasteiger partial charge in [0.2, 0.25) is 11.9 Å². The van der Waals surface area contributed by atoms with Crippen LogP contribution in [0.5, 0.6) is 0 Å². The van der Waals surface area contributed by atoms with E-state index in [1.165, 1.54) is 5.56 Å². The topological polar surface area (TPSA) is 74.1 Å². The normalized spacial score (nSPS) is 15.4. The van der Waals surface area contributed by atoms with E-state index < -0.39 is 11.7 Å². The Balaban J connectivity index is 1.44. The Morgan fingerprint density at radius 2 is 1.67 bits per heavy atom. The highest BCUT2D eigenvalue weighted by Crippen LogP contribution is 2.30. The van der Waals surface area contributed by atoms with Crippen LogP contribution in [0.1, 0.15) is 29.5 Å². The SMILES string of the molecule is Nc1n[nH]c(N2CCC(N(CCc3ccc(Cl)cc3)Cc3ccc(C(F)(F)F)cc3)CC2)n1. The molecule has 0 saturated carbocycles. The molecule has 10 heteroatoms. The van der Waals surface area contributed by atoms with Crippen molar-refractivity contribution in [3.05, 3.63) is 70.2 Å². The monoisotopic (exact) mass is 478 g/mol. The van der Waals surface area contributed by atoms with Crippen LogP contribution in [0.25, 0.3) is 0 Å². The summed E-state index contributed by atoms with van der Waals surface area (Å²) in [5.74, 6) is 0.889. The molecular weight excluding hydrogens is 453 g/mol. The maximum atomic E-state index is 12.9. The zero-order chi connectivity index (χ0) is 23.4. The Bertz CT molecular complexity index is 1030. The van der Waals surface area contributed by atoms with E-state index in [0.29, 0.717) is 23.6 Å². The average Bonchev–Trinajstić information content (AvgIpc) is 3.24. The third-order valence-corrected chi connectivity index (χ3v) is 6.29. The molecule has 0 spiro atoms. The fourth-order valence-electron chi connectivity index (χ4n) is 4.20. The fraction of sp³-hybridized carbons (Fsp3) is 0.391. The number of halogens is 4. The largest absolute Gasteiger partial charge is 0.416 e. The second-order valence-electron chi connectivity index (χ2n) is 8.28. The van der Waals surface area contributed by atoms with Gasteiger partial charge in [-0.3, -0.25) is 4.90 Å². The number of aromatic amines is 1. The Hall–Kier alpha value is -2.78. The van der Waals surface area contributed by atoms with Crippen LogP contribution in [0.3, 0.4) is 0 Å². The number of hydrogen-bond acceptors (Lipinski definition) is 5. The molecule has 0 aliphatic carbocycles. The summed E-state index contributed by atoms with van der Waals surface area (Å²) in [4.78, 5) is 8.69. The molecule has 2 aromatic carbocycles. The first-order valence-corrected chi connectivity index (χ1v) is 11.2. The van der Waals surface area contributed by atoms with E-state index in [0.717, 1.165) is 56.6 Å². The molecule has 1 aromatic heterocycles. The number of alkyl halides is 3. The van der Waals surface area contributed by atoms with Crippen LogP contribution in [0.15, 0.2) is 48.5 Å². The Morgan fingerprint density at radius 1 is 1.03 bits per heavy atom. The molecule has 1 saturated heterocycles. The van der Waals surface area contributed by atoms with E-state index >= 15 is 0 Å². The molecule has 0 unspecified atom stereocenters. The van der Waals surface area contributed by atoms with E-state index in [1.54, 1.807) is 12.1 Å². The lowest BCUT2D eigenvalue weighted by Crippen LogP contribution is -2.45. The van der Waals surface area contributed by atoms with E-state index in [9.17, 15) is 13.2 Å². The van der Waals surface area contributed by atoms with Crippen molar-refractivity contribution in [3.63, 3.8) is 0 Å². The molecule has 6 nitrogen and oxygen atoms in total. The van der Waals surface area contributed by atoms with Crippen LogP contribution < -0.4 is 10.6 Å². The Labute approximate surface area is 195 Å². The number of anilines is 2. The van der Waals surface area contributed by atoms with Gasteiger partial charge in [-0.25, -0.2) is 5.10 Å². The molecule has 1 aliphatic rings. The first-order valence-electron chi connectivity index (χ1n) is 10.9. The maximum Gasteiger partial charge on any atom is 0.416 e. The Kier molecular flexibility index (Phi) is 7.09. The van der Waals surface area contributed by atoms with Gasteiger partial charge in [-0.1, -0.05) is 35.9 Å². The minimum Gasteiger partial charge on any atom is -0.366 e. The highest BCUT2D eigenvalue weighted by atomic mass is 35.5. The molecule has 2 heterocycles. The Morgan fingerprint density at radius 3 is 2.24 bits per heavy atom. The highest BCUT2D eigenvalue weighted by Gasteiger charge is 2.30. The number of nitrogens with one attached hydrogen (secondary N) is 1. The number of rotatable bonds is 7. The zero-order valence-corrected chi connectivity index (χ0v) is 18.8. The summed E-state index contributed by atoms with van der Waals surface area (Å²) in [6, 6.07) is 13.5. The van der Waals surface area contributed by atoms with E-state index in [2.05, 4.69) is 25.0 Å². The molecule has 33 heavy (non-hydrogen) atoms. The lowest BCUT2D eigenvalue weighted by Gasteiger charge is -2.38. The summed E-state index contributed by atoms with van der Waals surface area (Å²) in [5.41, 5.74) is 7.03. The number of nitrogens with zero attached hydrogens (tertiary/aromatic N) is 4. The van der Waals surface area contributed by atoms with E-state index in [4.69, 9.17) is 17.3 Å². The number of hydrogen-bond donors (Lipinski definition) is 2. The number of H-pyrrole nitrogens is 1. The van der Waals surface area contributed by atoms with Gasteiger partial charge >= 0.3 is 6.18 Å². The van der Waals surface area contributed by atoms with E-state index in [-0.39, 0.29) is 5.95 Å². The first kappa shape index (κ1) is 23.4. The van der Waals surface area contributed by atoms with Crippen molar-refractivity contribution >= 4 is 23.5 Å². The smallest absolute Gasteiger partial charge is 0.366 e. The summed E-state index contributed by atoms with van der Waals surface area (Å²) in [7, 11) is 0. The molecule has 3 N–H and O–H groups in total. The predicted octanol–water partition coefficient (Wildman–Crippen LogP) is 4.77. The molecule has 4 rings (SSSR count). The molecule has 0 atom stereocenters. The van der Waals surface area contributed by atoms with Crippen molar-refractivity contribution in [2.24, 2.45) is 0 Å². The molecule has 0 amide bonds. The second-order valence-corrected chi connectivity index (χ2v) is 8.71. The van der Waals surface area contributed by atoms with Crippen molar-refractivity contribution in [2.45, 2.75) is 38.0 Å². The van der Waals surface area contributed by atoms with Crippen LogP contribution in [0.4, 0.5) is 25.1 Å². The molecule has 1 aliphatic heterocycles. The van der Waals surface area contributed by atoms with Gasteiger partial charge in [0.1, 0.15) is 0 Å². The van der Waals surface area contributed by atoms with Gasteiger partial charge in [-0.2, -0.15) is 18.2 Å². The van der Waals surface area contributed by atoms with Crippen molar-refractivity contribution in [3.8, 4) is 0 Å². The summed E-state index contributed by atoms with van der Waals surface area (Å²) in [6.45, 7) is 2.97. The molecule has 0 radical (unpaired) electrons. The van der Waals surface area contributed by atoms with Crippen molar-refractivity contribution in [1.29, 1.82) is 0 Å². The summed E-state index contributed by atoms with van der Waals surface area (Å²) in [5, 5.41) is 7.44. The van der Waals surface area contributed by atoms with Crippen LogP contribution in [-0.4, -0.2) is 45.8 Å². The average molecular weight is 479 g/mol. The van der Waals surface area contributed by atoms with Gasteiger partial charge in [0.25, 0.3) is 0 Å². The highest BCUT2D eigenvalue weighted by molar-refractivity contribution is 6.30. The second kappa shape index (κ2) is 10.0. The van der Waals surface area contributed by atoms with Gasteiger partial charge in [0, 0.05) is 37.2 Å². The van der Waals surface area contributed by atoms with Crippen molar-refractivity contribution in [1.82, 2.24) is 20.1 Å². The molecule has 0 bridgehead atoms.